The molecule has 0 aliphatic heterocycles. The summed E-state index contributed by atoms with van der Waals surface area (Å²) in [5.41, 5.74) is 4.76. The number of nitrogens with zero attached hydrogens (tertiary/aromatic N) is 3. The topological polar surface area (TPSA) is 93.4 Å². The largest absolute Gasteiger partial charge is 0.497 e. The molecule has 0 spiro atoms. The number of ether oxygens (including phenoxy) is 1. The van der Waals surface area contributed by atoms with Gasteiger partial charge in [-0.2, -0.15) is 13.2 Å². The minimum Gasteiger partial charge on any atom is -0.497 e. The zero-order valence-electron chi connectivity index (χ0n) is 15.3. The second kappa shape index (κ2) is 8.74. The molecule has 0 radical (unpaired) electrons. The van der Waals surface area contributed by atoms with E-state index in [4.69, 9.17) is 10.5 Å². The highest BCUT2D eigenvalue weighted by Gasteiger charge is 2.37. The first kappa shape index (κ1) is 21.9. The van der Waals surface area contributed by atoms with Gasteiger partial charge < -0.3 is 20.7 Å². The summed E-state index contributed by atoms with van der Waals surface area (Å²) >= 11 is 2.69. The minimum atomic E-state index is -4.74. The van der Waals surface area contributed by atoms with Gasteiger partial charge in [0.2, 0.25) is 0 Å². The summed E-state index contributed by atoms with van der Waals surface area (Å²) in [6.45, 7) is 0.178. The van der Waals surface area contributed by atoms with Gasteiger partial charge in [-0.1, -0.05) is 12.1 Å². The number of aromatic nitrogens is 2. The van der Waals surface area contributed by atoms with Crippen LogP contribution in [0.1, 0.15) is 27.8 Å². The molecule has 0 bridgehead atoms. The van der Waals surface area contributed by atoms with E-state index < -0.39 is 28.2 Å². The van der Waals surface area contributed by atoms with Crippen LogP contribution in [0.2, 0.25) is 0 Å². The summed E-state index contributed by atoms with van der Waals surface area (Å²) in [6.07, 6.45) is -4.74. The number of nitrogens with two attached hydrogens (primary N) is 1. The van der Waals surface area contributed by atoms with Crippen LogP contribution in [0.4, 0.5) is 19.0 Å². The van der Waals surface area contributed by atoms with Crippen LogP contribution in [0.25, 0.3) is 0 Å². The van der Waals surface area contributed by atoms with Crippen LogP contribution < -0.4 is 15.8 Å². The number of methoxy groups -OCH3 is 1. The van der Waals surface area contributed by atoms with Crippen LogP contribution in [-0.4, -0.2) is 48.5 Å². The number of halogens is 4. The monoisotopic (exact) mass is 461 g/mol. The number of anilines is 1. The normalized spacial score (nSPS) is 12.7. The molecule has 1 unspecified atom stereocenters. The Morgan fingerprint density at radius 1 is 1.29 bits per heavy atom. The number of carbonyl (C=O) groups is 1. The fourth-order valence-corrected chi connectivity index (χ4v) is 2.96. The minimum absolute atomic E-state index is 0.178. The lowest BCUT2D eigenvalue weighted by Gasteiger charge is -2.25. The predicted molar refractivity (Wildman–Crippen MR) is 101 cm³/mol. The third kappa shape index (κ3) is 5.10. The first-order valence-corrected chi connectivity index (χ1v) is 8.82. The summed E-state index contributed by atoms with van der Waals surface area (Å²) in [7, 11) is 5.24. The van der Waals surface area contributed by atoms with Crippen molar-refractivity contribution in [2.45, 2.75) is 12.2 Å². The van der Waals surface area contributed by atoms with E-state index in [9.17, 15) is 18.0 Å². The van der Waals surface area contributed by atoms with Gasteiger partial charge in [0.1, 0.15) is 10.4 Å². The molecule has 2 aromatic rings. The Hall–Kier alpha value is -2.40. The number of likely N-dealkylation sites (N-methyl/N-ethyl adjacent to an activating group) is 1. The first-order chi connectivity index (χ1) is 13.0. The van der Waals surface area contributed by atoms with Gasteiger partial charge in [0.15, 0.2) is 17.2 Å². The van der Waals surface area contributed by atoms with Gasteiger partial charge in [-0.15, -0.1) is 0 Å². The summed E-state index contributed by atoms with van der Waals surface area (Å²) in [5, 5.41) is 2.64. The molecule has 0 saturated heterocycles. The number of amides is 1. The number of carbonyl (C=O) groups excluding carboxylic acids is 1. The fraction of sp³-hybridized carbons (Fsp3) is 0.353. The second-order valence-electron chi connectivity index (χ2n) is 6.06. The number of alkyl halides is 3. The second-order valence-corrected chi connectivity index (χ2v) is 6.81. The Morgan fingerprint density at radius 2 is 1.89 bits per heavy atom. The Balaban J connectivity index is 2.18. The number of nitrogens with one attached hydrogen (secondary N) is 1. The molecular weight excluding hydrogens is 443 g/mol. The lowest BCUT2D eigenvalue weighted by atomic mass is 10.1. The molecule has 0 saturated carbocycles. The van der Waals surface area contributed by atoms with Gasteiger partial charge in [-0.3, -0.25) is 4.79 Å². The van der Waals surface area contributed by atoms with E-state index in [0.717, 1.165) is 5.56 Å². The zero-order valence-corrected chi connectivity index (χ0v) is 16.9. The Labute approximate surface area is 168 Å². The molecule has 1 aromatic heterocycles. The maximum Gasteiger partial charge on any atom is 0.436 e. The van der Waals surface area contributed by atoms with Crippen LogP contribution >= 0.6 is 15.9 Å². The van der Waals surface area contributed by atoms with Crippen molar-refractivity contribution in [3.8, 4) is 5.75 Å². The highest BCUT2D eigenvalue weighted by molar-refractivity contribution is 9.10. The summed E-state index contributed by atoms with van der Waals surface area (Å²) in [6, 6.07) is 7.12. The van der Waals surface area contributed by atoms with Gasteiger partial charge in [0, 0.05) is 6.54 Å². The van der Waals surface area contributed by atoms with Crippen molar-refractivity contribution in [1.29, 1.82) is 0 Å². The number of hydrogen-bond acceptors (Lipinski definition) is 6. The molecule has 0 aliphatic carbocycles. The summed E-state index contributed by atoms with van der Waals surface area (Å²) in [4.78, 5) is 21.2. The molecule has 1 aromatic carbocycles. The maximum atomic E-state index is 12.8. The van der Waals surface area contributed by atoms with Crippen LogP contribution in [0.5, 0.6) is 5.75 Å². The van der Waals surface area contributed by atoms with Crippen molar-refractivity contribution in [2.24, 2.45) is 0 Å². The molecule has 1 atom stereocenters. The molecule has 1 heterocycles. The molecule has 1 amide bonds. The zero-order chi connectivity index (χ0) is 21.1. The number of nitrogen functional groups attached to an aromatic ring is 1. The smallest absolute Gasteiger partial charge is 0.436 e. The standard InChI is InChI=1S/C17H19BrF3N5O2/c1-26(2)11(9-4-6-10(28-3)7-5-9)8-23-16(27)12-15(22)25-13(14(18)24-12)17(19,20)21/h4-7,11H,8H2,1-3H3,(H2,22,25)(H,23,27). The highest BCUT2D eigenvalue weighted by atomic mass is 79.9. The Kier molecular flexibility index (Phi) is 6.83. The van der Waals surface area contributed by atoms with Gasteiger partial charge >= 0.3 is 6.18 Å². The van der Waals surface area contributed by atoms with Gasteiger partial charge in [0.25, 0.3) is 5.91 Å². The molecule has 2 rings (SSSR count). The number of hydrogen-bond donors (Lipinski definition) is 2. The quantitative estimate of drug-likeness (QED) is 0.686. The lowest BCUT2D eigenvalue weighted by Crippen LogP contribution is -2.35. The van der Waals surface area contributed by atoms with Crippen LogP contribution in [0.15, 0.2) is 28.9 Å². The van der Waals surface area contributed by atoms with E-state index in [-0.39, 0.29) is 18.3 Å². The molecule has 28 heavy (non-hydrogen) atoms. The molecule has 152 valence electrons. The molecule has 0 aliphatic rings. The average Bonchev–Trinajstić information content (AvgIpc) is 2.62. The molecule has 3 N–H and O–H groups in total. The molecule has 0 fully saturated rings. The van der Waals surface area contributed by atoms with E-state index in [2.05, 4.69) is 31.2 Å². The lowest BCUT2D eigenvalue weighted by molar-refractivity contribution is -0.142. The van der Waals surface area contributed by atoms with Crippen molar-refractivity contribution < 1.29 is 22.7 Å². The maximum absolute atomic E-state index is 12.8. The molecule has 7 nitrogen and oxygen atoms in total. The van der Waals surface area contributed by atoms with Gasteiger partial charge in [-0.05, 0) is 47.7 Å². The Bertz CT molecular complexity index is 844. The molecule has 11 heteroatoms. The van der Waals surface area contributed by atoms with E-state index >= 15 is 0 Å². The van der Waals surface area contributed by atoms with E-state index in [1.54, 1.807) is 19.2 Å². The van der Waals surface area contributed by atoms with Crippen LogP contribution in [0, 0.1) is 0 Å². The third-order valence-corrected chi connectivity index (χ3v) is 4.50. The van der Waals surface area contributed by atoms with Gasteiger partial charge in [0.05, 0.1) is 13.2 Å². The average molecular weight is 462 g/mol. The third-order valence-electron chi connectivity index (χ3n) is 3.94. The van der Waals surface area contributed by atoms with Crippen LogP contribution in [-0.2, 0) is 6.18 Å². The van der Waals surface area contributed by atoms with E-state index in [0.29, 0.717) is 5.75 Å². The van der Waals surface area contributed by atoms with Crippen molar-refractivity contribution in [2.75, 3.05) is 33.5 Å². The molecular formula is C17H19BrF3N5O2. The van der Waals surface area contributed by atoms with Gasteiger partial charge in [-0.25, -0.2) is 9.97 Å². The van der Waals surface area contributed by atoms with Crippen molar-refractivity contribution >= 4 is 27.7 Å². The van der Waals surface area contributed by atoms with E-state index in [1.165, 1.54) is 0 Å². The first-order valence-electron chi connectivity index (χ1n) is 8.03. The SMILES string of the molecule is COc1ccc(C(CNC(=O)c2nc(Br)c(C(F)(F)F)nc2N)N(C)C)cc1. The van der Waals surface area contributed by atoms with Crippen LogP contribution in [0.3, 0.4) is 0 Å². The van der Waals surface area contributed by atoms with E-state index in [1.807, 2.05) is 31.1 Å². The van der Waals surface area contributed by atoms with Crippen molar-refractivity contribution in [1.82, 2.24) is 20.2 Å². The fourth-order valence-electron chi connectivity index (χ4n) is 2.47. The van der Waals surface area contributed by atoms with Crippen molar-refractivity contribution in [3.05, 3.63) is 45.8 Å². The predicted octanol–water partition coefficient (Wildman–Crippen LogP) is 2.88. The Morgan fingerprint density at radius 3 is 2.39 bits per heavy atom. The number of benzene rings is 1. The summed E-state index contributed by atoms with van der Waals surface area (Å²) in [5.74, 6) is -0.624. The number of rotatable bonds is 6. The van der Waals surface area contributed by atoms with Crippen molar-refractivity contribution in [3.63, 3.8) is 0 Å². The summed E-state index contributed by atoms with van der Waals surface area (Å²) < 4.78 is 43.1. The highest BCUT2D eigenvalue weighted by Crippen LogP contribution is 2.33.